The molecule has 0 bridgehead atoms. The zero-order chi connectivity index (χ0) is 17.1. The summed E-state index contributed by atoms with van der Waals surface area (Å²) in [6.45, 7) is 0. The maximum atomic E-state index is 12.6. The first-order chi connectivity index (χ1) is 11.5. The molecular weight excluding hydrogens is 334 g/mol. The topological polar surface area (TPSA) is 58.2 Å². The summed E-state index contributed by atoms with van der Waals surface area (Å²) in [6.07, 6.45) is 0.0208. The van der Waals surface area contributed by atoms with Crippen molar-refractivity contribution in [1.82, 2.24) is 0 Å². The highest BCUT2D eigenvalue weighted by Crippen LogP contribution is 2.35. The number of nitrogens with one attached hydrogen (secondary N) is 2. The van der Waals surface area contributed by atoms with Crippen LogP contribution in [0.15, 0.2) is 53.4 Å². The van der Waals surface area contributed by atoms with Crippen molar-refractivity contribution in [2.75, 3.05) is 10.6 Å². The Bertz CT molecular complexity index is 783. The van der Waals surface area contributed by atoms with Crippen LogP contribution in [0.4, 0.5) is 20.2 Å². The van der Waals surface area contributed by atoms with E-state index in [0.29, 0.717) is 28.7 Å². The molecule has 1 heterocycles. The van der Waals surface area contributed by atoms with E-state index in [1.54, 1.807) is 42.5 Å². The van der Waals surface area contributed by atoms with Crippen molar-refractivity contribution in [2.24, 2.45) is 0 Å². The molecule has 0 radical (unpaired) electrons. The number of carbonyl (C=O) groups is 2. The lowest BCUT2D eigenvalue weighted by atomic mass is 9.90. The van der Waals surface area contributed by atoms with Gasteiger partial charge in [-0.2, -0.15) is 8.78 Å². The Kier molecular flexibility index (Phi) is 4.80. The lowest BCUT2D eigenvalue weighted by Gasteiger charge is -2.25. The van der Waals surface area contributed by atoms with E-state index in [9.17, 15) is 18.4 Å². The van der Waals surface area contributed by atoms with Gasteiger partial charge in [-0.1, -0.05) is 42.1 Å². The lowest BCUT2D eigenvalue weighted by molar-refractivity contribution is -0.123. The molecule has 0 saturated carbocycles. The average molecular weight is 348 g/mol. The Hall–Kier alpha value is -2.41. The number of carbonyl (C=O) groups excluding carboxylic acids is 2. The maximum absolute atomic E-state index is 12.6. The van der Waals surface area contributed by atoms with E-state index < -0.39 is 11.7 Å². The summed E-state index contributed by atoms with van der Waals surface area (Å²) in [4.78, 5) is 24.7. The fourth-order valence-electron chi connectivity index (χ4n) is 2.63. The summed E-state index contributed by atoms with van der Waals surface area (Å²) in [6, 6.07) is 13.4. The summed E-state index contributed by atoms with van der Waals surface area (Å²) in [7, 11) is 0. The van der Waals surface area contributed by atoms with Gasteiger partial charge < -0.3 is 10.6 Å². The molecule has 1 atom stereocenters. The van der Waals surface area contributed by atoms with Gasteiger partial charge in [0, 0.05) is 17.0 Å². The molecular formula is C17H14F2N2O2S. The van der Waals surface area contributed by atoms with Crippen LogP contribution in [0, 0.1) is 0 Å². The molecule has 0 fully saturated rings. The standard InChI is InChI=1S/C17H14F2N2O2S/c18-17(19)24-14-8-4-3-7-13(14)21-16(23)11-9-15(22)20-12-6-2-1-5-10(11)12/h1-8,11,17H,9H2,(H,20,22)(H,21,23). The van der Waals surface area contributed by atoms with Gasteiger partial charge in [0.15, 0.2) is 0 Å². The molecule has 2 N–H and O–H groups in total. The van der Waals surface area contributed by atoms with E-state index in [4.69, 9.17) is 0 Å². The first-order valence-corrected chi connectivity index (χ1v) is 8.16. The Morgan fingerprint density at radius 2 is 1.88 bits per heavy atom. The number of benzene rings is 2. The van der Waals surface area contributed by atoms with E-state index in [2.05, 4.69) is 10.6 Å². The van der Waals surface area contributed by atoms with Crippen LogP contribution in [0.2, 0.25) is 0 Å². The van der Waals surface area contributed by atoms with Gasteiger partial charge in [0.05, 0.1) is 11.6 Å². The lowest BCUT2D eigenvalue weighted by Crippen LogP contribution is -2.30. The van der Waals surface area contributed by atoms with Crippen LogP contribution in [0.25, 0.3) is 0 Å². The summed E-state index contributed by atoms with van der Waals surface area (Å²) < 4.78 is 25.3. The first kappa shape index (κ1) is 16.4. The fourth-order valence-corrected chi connectivity index (χ4v) is 3.23. The Morgan fingerprint density at radius 1 is 1.17 bits per heavy atom. The van der Waals surface area contributed by atoms with E-state index in [1.165, 1.54) is 6.07 Å². The minimum atomic E-state index is -2.58. The highest BCUT2D eigenvalue weighted by molar-refractivity contribution is 7.99. The number of rotatable bonds is 4. The predicted molar refractivity (Wildman–Crippen MR) is 89.4 cm³/mol. The SMILES string of the molecule is O=C1CC(C(=O)Nc2ccccc2SC(F)F)c2ccccc2N1. The highest BCUT2D eigenvalue weighted by atomic mass is 32.2. The van der Waals surface area contributed by atoms with Crippen LogP contribution < -0.4 is 10.6 Å². The molecule has 4 nitrogen and oxygen atoms in total. The second-order valence-corrected chi connectivity index (χ2v) is 6.29. The molecule has 124 valence electrons. The summed E-state index contributed by atoms with van der Waals surface area (Å²) in [5, 5.41) is 5.40. The fraction of sp³-hybridized carbons (Fsp3) is 0.176. The summed E-state index contributed by atoms with van der Waals surface area (Å²) >= 11 is 0.373. The van der Waals surface area contributed by atoms with Gasteiger partial charge in [0.2, 0.25) is 11.8 Å². The molecule has 0 aliphatic carbocycles. The third-order valence-electron chi connectivity index (χ3n) is 3.68. The molecule has 0 saturated heterocycles. The molecule has 1 unspecified atom stereocenters. The zero-order valence-electron chi connectivity index (χ0n) is 12.5. The molecule has 2 aromatic rings. The predicted octanol–water partition coefficient (Wildman–Crippen LogP) is 4.07. The monoisotopic (exact) mass is 348 g/mol. The van der Waals surface area contributed by atoms with Crippen molar-refractivity contribution in [2.45, 2.75) is 23.0 Å². The Balaban J connectivity index is 1.85. The van der Waals surface area contributed by atoms with Crippen molar-refractivity contribution in [3.63, 3.8) is 0 Å². The van der Waals surface area contributed by atoms with Gasteiger partial charge in [0.25, 0.3) is 5.76 Å². The second-order valence-electron chi connectivity index (χ2n) is 5.26. The largest absolute Gasteiger partial charge is 0.326 e. The second kappa shape index (κ2) is 7.00. The summed E-state index contributed by atoms with van der Waals surface area (Å²) in [5.74, 6) is -3.87. The molecule has 2 aromatic carbocycles. The molecule has 24 heavy (non-hydrogen) atoms. The van der Waals surface area contributed by atoms with Crippen LogP contribution >= 0.6 is 11.8 Å². The molecule has 1 aliphatic heterocycles. The molecule has 2 amide bonds. The van der Waals surface area contributed by atoms with Crippen molar-refractivity contribution >= 4 is 35.0 Å². The maximum Gasteiger partial charge on any atom is 0.288 e. The highest BCUT2D eigenvalue weighted by Gasteiger charge is 2.30. The number of thioether (sulfide) groups is 1. The minimum Gasteiger partial charge on any atom is -0.326 e. The van der Waals surface area contributed by atoms with Crippen LogP contribution in [0.3, 0.4) is 0 Å². The number of para-hydroxylation sites is 2. The molecule has 3 rings (SSSR count). The van der Waals surface area contributed by atoms with Gasteiger partial charge in [-0.25, -0.2) is 0 Å². The van der Waals surface area contributed by atoms with Gasteiger partial charge in [0.1, 0.15) is 0 Å². The van der Waals surface area contributed by atoms with Crippen LogP contribution in [-0.4, -0.2) is 17.6 Å². The first-order valence-electron chi connectivity index (χ1n) is 7.28. The number of hydrogen-bond acceptors (Lipinski definition) is 3. The van der Waals surface area contributed by atoms with E-state index in [1.807, 2.05) is 0 Å². The van der Waals surface area contributed by atoms with Crippen LogP contribution in [0.1, 0.15) is 17.9 Å². The normalized spacial score (nSPS) is 16.5. The molecule has 0 spiro atoms. The van der Waals surface area contributed by atoms with Crippen molar-refractivity contribution in [3.8, 4) is 0 Å². The minimum absolute atomic E-state index is 0.0208. The van der Waals surface area contributed by atoms with Crippen molar-refractivity contribution < 1.29 is 18.4 Å². The number of fused-ring (bicyclic) bond motifs is 1. The Morgan fingerprint density at radius 3 is 2.67 bits per heavy atom. The number of alkyl halides is 2. The number of amides is 2. The van der Waals surface area contributed by atoms with Gasteiger partial charge in [-0.15, -0.1) is 0 Å². The van der Waals surface area contributed by atoms with Gasteiger partial charge >= 0.3 is 0 Å². The number of halogens is 2. The van der Waals surface area contributed by atoms with E-state index in [0.717, 1.165) is 0 Å². The van der Waals surface area contributed by atoms with Crippen molar-refractivity contribution in [3.05, 3.63) is 54.1 Å². The molecule has 0 aromatic heterocycles. The molecule has 1 aliphatic rings. The number of anilines is 2. The van der Waals surface area contributed by atoms with Gasteiger partial charge in [-0.05, 0) is 23.8 Å². The van der Waals surface area contributed by atoms with E-state index >= 15 is 0 Å². The Labute approximate surface area is 141 Å². The average Bonchev–Trinajstić information content (AvgIpc) is 2.55. The van der Waals surface area contributed by atoms with E-state index in [-0.39, 0.29) is 23.1 Å². The van der Waals surface area contributed by atoms with Gasteiger partial charge in [-0.3, -0.25) is 9.59 Å². The third kappa shape index (κ3) is 3.56. The summed E-state index contributed by atoms with van der Waals surface area (Å²) in [5.41, 5.74) is 1.63. The quantitative estimate of drug-likeness (QED) is 0.819. The van der Waals surface area contributed by atoms with Crippen molar-refractivity contribution in [1.29, 1.82) is 0 Å². The zero-order valence-corrected chi connectivity index (χ0v) is 13.3. The van der Waals surface area contributed by atoms with Crippen LogP contribution in [0.5, 0.6) is 0 Å². The molecule has 7 heteroatoms. The van der Waals surface area contributed by atoms with Crippen LogP contribution in [-0.2, 0) is 9.59 Å². The number of hydrogen-bond donors (Lipinski definition) is 2. The third-order valence-corrected chi connectivity index (χ3v) is 4.47. The smallest absolute Gasteiger partial charge is 0.288 e.